The molecule has 1 N–H and O–H groups in total. The van der Waals surface area contributed by atoms with E-state index in [1.54, 1.807) is 24.4 Å². The van der Waals surface area contributed by atoms with Gasteiger partial charge in [-0.15, -0.1) is 0 Å². The molecule has 1 saturated heterocycles. The first kappa shape index (κ1) is 20.9. The lowest BCUT2D eigenvalue weighted by molar-refractivity contribution is 0.631. The van der Waals surface area contributed by atoms with E-state index in [0.29, 0.717) is 16.9 Å². The fraction of sp³-hybridized carbons (Fsp3) is 0.107. The van der Waals surface area contributed by atoms with Gasteiger partial charge in [-0.05, 0) is 60.5 Å². The van der Waals surface area contributed by atoms with Crippen molar-refractivity contribution in [2.75, 3.05) is 13.1 Å². The molecule has 5 rings (SSSR count). The average molecular weight is 435 g/mol. The van der Waals surface area contributed by atoms with Gasteiger partial charge in [0.15, 0.2) is 5.65 Å². The average Bonchev–Trinajstić information content (AvgIpc) is 3.37. The van der Waals surface area contributed by atoms with Gasteiger partial charge in [-0.25, -0.2) is 14.4 Å². The van der Waals surface area contributed by atoms with E-state index in [0.717, 1.165) is 47.2 Å². The number of rotatable bonds is 5. The monoisotopic (exact) mass is 434 g/mol. The lowest BCUT2D eigenvalue weighted by Gasteiger charge is -2.12. The molecule has 33 heavy (non-hydrogen) atoms. The number of nitrogens with one attached hydrogen (secondary N) is 1. The summed E-state index contributed by atoms with van der Waals surface area (Å²) in [5, 5.41) is 4.27. The van der Waals surface area contributed by atoms with Gasteiger partial charge in [0.05, 0.1) is 5.69 Å². The van der Waals surface area contributed by atoms with Gasteiger partial charge < -0.3 is 5.32 Å². The van der Waals surface area contributed by atoms with Crippen LogP contribution in [0.5, 0.6) is 0 Å². The zero-order chi connectivity index (χ0) is 22.6. The zero-order valence-corrected chi connectivity index (χ0v) is 18.1. The number of benzene rings is 1. The largest absolute Gasteiger partial charge is 0.313 e. The smallest absolute Gasteiger partial charge is 0.160 e. The second kappa shape index (κ2) is 9.27. The molecule has 1 aromatic carbocycles. The van der Waals surface area contributed by atoms with Gasteiger partial charge in [-0.2, -0.15) is 0 Å². The molecule has 1 aliphatic rings. The van der Waals surface area contributed by atoms with Gasteiger partial charge >= 0.3 is 0 Å². The first-order valence-corrected chi connectivity index (χ1v) is 10.9. The number of nitrogens with zero attached hydrogens (tertiary/aromatic N) is 3. The number of pyridine rings is 3. The van der Waals surface area contributed by atoms with Crippen molar-refractivity contribution in [3.05, 3.63) is 109 Å². The summed E-state index contributed by atoms with van der Waals surface area (Å²) < 4.78 is 14.6. The third-order valence-corrected chi connectivity index (χ3v) is 5.75. The Morgan fingerprint density at radius 3 is 2.79 bits per heavy atom. The van der Waals surface area contributed by atoms with E-state index < -0.39 is 0 Å². The molecule has 4 nitrogen and oxygen atoms in total. The van der Waals surface area contributed by atoms with Crippen LogP contribution < -0.4 is 5.32 Å². The molecule has 0 saturated carbocycles. The van der Waals surface area contributed by atoms with Gasteiger partial charge in [0.2, 0.25) is 0 Å². The van der Waals surface area contributed by atoms with Gasteiger partial charge in [-0.1, -0.05) is 42.5 Å². The van der Waals surface area contributed by atoms with Crippen LogP contribution in [0.25, 0.3) is 39.0 Å². The Hall–Kier alpha value is -3.96. The van der Waals surface area contributed by atoms with Crippen LogP contribution in [0.15, 0.2) is 97.5 Å². The Morgan fingerprint density at radius 1 is 1.06 bits per heavy atom. The first-order chi connectivity index (χ1) is 16.2. The number of hydrogen-bond acceptors (Lipinski definition) is 4. The predicted molar refractivity (Wildman–Crippen MR) is 132 cm³/mol. The fourth-order valence-electron chi connectivity index (χ4n) is 4.13. The van der Waals surface area contributed by atoms with E-state index in [1.807, 2.05) is 42.7 Å². The number of hydrogen-bond donors (Lipinski definition) is 1. The molecule has 0 amide bonds. The SMILES string of the molecule is C=C/C=C(\C=C1/CCNC1)c1cncc(-c2cc(-c3ccccc3F)nc3ncccc23)c1. The molecule has 1 fully saturated rings. The minimum atomic E-state index is -0.314. The fourth-order valence-corrected chi connectivity index (χ4v) is 4.13. The molecule has 4 aromatic rings. The van der Waals surface area contributed by atoms with Crippen molar-refractivity contribution >= 4 is 16.6 Å². The van der Waals surface area contributed by atoms with Crippen molar-refractivity contribution in [1.82, 2.24) is 20.3 Å². The summed E-state index contributed by atoms with van der Waals surface area (Å²) >= 11 is 0. The molecular formula is C28H23FN4. The maximum Gasteiger partial charge on any atom is 0.160 e. The van der Waals surface area contributed by atoms with Crippen molar-refractivity contribution in [3.8, 4) is 22.4 Å². The number of fused-ring (bicyclic) bond motifs is 1. The van der Waals surface area contributed by atoms with Crippen molar-refractivity contribution in [2.45, 2.75) is 6.42 Å². The summed E-state index contributed by atoms with van der Waals surface area (Å²) in [7, 11) is 0. The molecule has 162 valence electrons. The lowest BCUT2D eigenvalue weighted by atomic mass is 9.97. The van der Waals surface area contributed by atoms with Crippen LogP contribution in [0.4, 0.5) is 4.39 Å². The summed E-state index contributed by atoms with van der Waals surface area (Å²) in [5.41, 5.74) is 6.80. The van der Waals surface area contributed by atoms with Gasteiger partial charge in [0.25, 0.3) is 0 Å². The van der Waals surface area contributed by atoms with E-state index in [4.69, 9.17) is 0 Å². The minimum absolute atomic E-state index is 0.314. The molecule has 0 aliphatic carbocycles. The molecule has 0 atom stereocenters. The van der Waals surface area contributed by atoms with Crippen molar-refractivity contribution in [2.24, 2.45) is 0 Å². The van der Waals surface area contributed by atoms with E-state index in [9.17, 15) is 4.39 Å². The van der Waals surface area contributed by atoms with Crippen LogP contribution in [0, 0.1) is 5.82 Å². The Kier molecular flexibility index (Phi) is 5.87. The molecule has 4 heterocycles. The second-order valence-corrected chi connectivity index (χ2v) is 7.96. The topological polar surface area (TPSA) is 50.7 Å². The zero-order valence-electron chi connectivity index (χ0n) is 18.1. The van der Waals surface area contributed by atoms with E-state index in [-0.39, 0.29) is 5.82 Å². The standard InChI is InChI=1S/C28H23FN4/c1-2-6-20(13-19-10-12-30-16-19)21-14-22(18-31-17-21)25-15-27(24-7-3-4-9-26(24)29)33-28-23(25)8-5-11-32-28/h2-9,11,13-15,17-18,30H,1,10,12,16H2/b19-13+,20-6+. The molecule has 5 heteroatoms. The predicted octanol–water partition coefficient (Wildman–Crippen LogP) is 5.99. The maximum atomic E-state index is 14.6. The van der Waals surface area contributed by atoms with Crippen molar-refractivity contribution < 1.29 is 4.39 Å². The van der Waals surface area contributed by atoms with Crippen LogP contribution in [-0.4, -0.2) is 28.0 Å². The van der Waals surface area contributed by atoms with Crippen molar-refractivity contribution in [3.63, 3.8) is 0 Å². The third kappa shape index (κ3) is 4.36. The molecule has 3 aromatic heterocycles. The van der Waals surface area contributed by atoms with E-state index >= 15 is 0 Å². The van der Waals surface area contributed by atoms with E-state index in [1.165, 1.54) is 11.6 Å². The summed E-state index contributed by atoms with van der Waals surface area (Å²) in [6.45, 7) is 5.78. The third-order valence-electron chi connectivity index (χ3n) is 5.75. The Balaban J connectivity index is 1.67. The molecule has 0 radical (unpaired) electrons. The highest BCUT2D eigenvalue weighted by Crippen LogP contribution is 2.33. The number of halogens is 1. The van der Waals surface area contributed by atoms with Crippen LogP contribution in [-0.2, 0) is 0 Å². The molecular weight excluding hydrogens is 411 g/mol. The van der Waals surface area contributed by atoms with Crippen LogP contribution in [0.3, 0.4) is 0 Å². The van der Waals surface area contributed by atoms with Crippen LogP contribution >= 0.6 is 0 Å². The number of aromatic nitrogens is 3. The highest BCUT2D eigenvalue weighted by atomic mass is 19.1. The molecule has 1 aliphatic heterocycles. The second-order valence-electron chi connectivity index (χ2n) is 7.96. The Labute approximate surface area is 192 Å². The van der Waals surface area contributed by atoms with E-state index in [2.05, 4.69) is 39.0 Å². The summed E-state index contributed by atoms with van der Waals surface area (Å²) in [4.78, 5) is 13.6. The quantitative estimate of drug-likeness (QED) is 0.392. The highest BCUT2D eigenvalue weighted by molar-refractivity contribution is 5.95. The summed E-state index contributed by atoms with van der Waals surface area (Å²) in [6, 6.07) is 14.5. The summed E-state index contributed by atoms with van der Waals surface area (Å²) in [5.74, 6) is -0.314. The Bertz CT molecular complexity index is 1400. The maximum absolute atomic E-state index is 14.6. The van der Waals surface area contributed by atoms with Gasteiger partial charge in [-0.3, -0.25) is 4.98 Å². The Morgan fingerprint density at radius 2 is 1.97 bits per heavy atom. The van der Waals surface area contributed by atoms with Gasteiger partial charge in [0.1, 0.15) is 5.82 Å². The van der Waals surface area contributed by atoms with Gasteiger partial charge in [0, 0.05) is 47.2 Å². The highest BCUT2D eigenvalue weighted by Gasteiger charge is 2.14. The molecule has 0 bridgehead atoms. The lowest BCUT2D eigenvalue weighted by Crippen LogP contribution is -2.04. The number of allylic oxidation sites excluding steroid dienone is 4. The van der Waals surface area contributed by atoms with Crippen molar-refractivity contribution in [1.29, 1.82) is 0 Å². The first-order valence-electron chi connectivity index (χ1n) is 10.9. The normalized spacial score (nSPS) is 15.3. The summed E-state index contributed by atoms with van der Waals surface area (Å²) in [6.07, 6.45) is 12.4. The van der Waals surface area contributed by atoms with Crippen LogP contribution in [0.2, 0.25) is 0 Å². The van der Waals surface area contributed by atoms with Crippen LogP contribution in [0.1, 0.15) is 12.0 Å². The molecule has 0 unspecified atom stereocenters. The molecule has 0 spiro atoms. The minimum Gasteiger partial charge on any atom is -0.313 e.